The summed E-state index contributed by atoms with van der Waals surface area (Å²) in [5.74, 6) is -0.827. The molecule has 36 heavy (non-hydrogen) atoms. The minimum atomic E-state index is -0.782. The Bertz CT molecular complexity index is 1240. The van der Waals surface area contributed by atoms with Gasteiger partial charge in [0, 0.05) is 19.2 Å². The van der Waals surface area contributed by atoms with Crippen LogP contribution in [0.4, 0.5) is 10.1 Å². The Morgan fingerprint density at radius 1 is 1.19 bits per heavy atom. The number of esters is 1. The Morgan fingerprint density at radius 3 is 2.56 bits per heavy atom. The fourth-order valence-electron chi connectivity index (χ4n) is 4.34. The number of anilines is 1. The number of halogens is 1. The van der Waals surface area contributed by atoms with Gasteiger partial charge in [-0.1, -0.05) is 0 Å². The molecule has 0 radical (unpaired) electrons. The van der Waals surface area contributed by atoms with E-state index < -0.39 is 23.5 Å². The third-order valence-corrected chi connectivity index (χ3v) is 6.01. The van der Waals surface area contributed by atoms with Crippen molar-refractivity contribution in [1.82, 2.24) is 4.90 Å². The van der Waals surface area contributed by atoms with Gasteiger partial charge in [0.2, 0.25) is 6.10 Å². The molecular formula is C26H30FN3O6. The lowest BCUT2D eigenvalue weighted by molar-refractivity contribution is -0.163. The fourth-order valence-corrected chi connectivity index (χ4v) is 4.34. The first kappa shape index (κ1) is 25.3. The van der Waals surface area contributed by atoms with E-state index >= 15 is 4.39 Å². The molecule has 2 aliphatic rings. The molecule has 4 rings (SSSR count). The monoisotopic (exact) mass is 499 g/mol. The number of benzene rings is 2. The van der Waals surface area contributed by atoms with E-state index in [1.807, 2.05) is 11.9 Å². The number of nitrogens with zero attached hydrogens (tertiary/aromatic N) is 2. The second-order valence-electron chi connectivity index (χ2n) is 9.79. The highest BCUT2D eigenvalue weighted by Crippen LogP contribution is 2.39. The Labute approximate surface area is 209 Å². The lowest BCUT2D eigenvalue weighted by Gasteiger charge is -2.34. The molecule has 2 heterocycles. The molecule has 2 aromatic rings. The molecule has 0 spiro atoms. The summed E-state index contributed by atoms with van der Waals surface area (Å²) < 4.78 is 36.6. The first-order chi connectivity index (χ1) is 16.9. The molecule has 0 aliphatic carbocycles. The van der Waals surface area contributed by atoms with Gasteiger partial charge in [-0.3, -0.25) is 10.2 Å². The van der Waals surface area contributed by atoms with Gasteiger partial charge in [-0.15, -0.1) is 0 Å². The number of Topliss-reactive ketones (excluding diaryl/α,β-unsaturated/α-hetero) is 1. The van der Waals surface area contributed by atoms with Crippen LogP contribution in [0.15, 0.2) is 24.3 Å². The molecule has 1 N–H and O–H groups in total. The summed E-state index contributed by atoms with van der Waals surface area (Å²) in [6, 6.07) is 6.59. The summed E-state index contributed by atoms with van der Waals surface area (Å²) in [6.45, 7) is 5.74. The molecule has 1 unspecified atom stereocenters. The van der Waals surface area contributed by atoms with E-state index in [2.05, 4.69) is 0 Å². The van der Waals surface area contributed by atoms with Crippen molar-refractivity contribution < 1.29 is 32.9 Å². The highest BCUT2D eigenvalue weighted by atomic mass is 19.1. The highest BCUT2D eigenvalue weighted by molar-refractivity contribution is 6.06. The molecular weight excluding hydrogens is 469 g/mol. The van der Waals surface area contributed by atoms with Crippen LogP contribution in [0.25, 0.3) is 0 Å². The first-order valence-corrected chi connectivity index (χ1v) is 11.5. The van der Waals surface area contributed by atoms with Crippen molar-refractivity contribution in [2.45, 2.75) is 39.0 Å². The van der Waals surface area contributed by atoms with Crippen molar-refractivity contribution in [1.29, 1.82) is 5.41 Å². The summed E-state index contributed by atoms with van der Waals surface area (Å²) in [7, 11) is 4.56. The topological polar surface area (TPSA) is 101 Å². The molecule has 10 heteroatoms. The van der Waals surface area contributed by atoms with E-state index in [1.165, 1.54) is 19.1 Å². The number of amidine groups is 1. The second-order valence-corrected chi connectivity index (χ2v) is 9.79. The minimum absolute atomic E-state index is 0.0726. The lowest BCUT2D eigenvalue weighted by atomic mass is 10.1. The zero-order valence-electron chi connectivity index (χ0n) is 21.2. The smallest absolute Gasteiger partial charge is 0.349 e. The number of hydrogen-bond acceptors (Lipinski definition) is 8. The van der Waals surface area contributed by atoms with E-state index in [4.69, 9.17) is 24.4 Å². The molecule has 2 aromatic carbocycles. The van der Waals surface area contributed by atoms with Crippen molar-refractivity contribution >= 4 is 23.3 Å². The standard InChI is InChI=1S/C26H30FN3O6/c1-26(2,3)36-25(32)20-13-29(4)16-9-14(7-8-18(16)35-20)17(31)12-30-11-15-10-19(33-5)23(34-6)22(27)21(15)24(30)28/h7-10,20,28H,11-13H2,1-6H3. The normalized spacial score (nSPS) is 16.8. The van der Waals surface area contributed by atoms with Crippen molar-refractivity contribution in [2.24, 2.45) is 0 Å². The van der Waals surface area contributed by atoms with E-state index in [1.54, 1.807) is 45.0 Å². The lowest BCUT2D eigenvalue weighted by Crippen LogP contribution is -2.45. The van der Waals surface area contributed by atoms with Crippen LogP contribution in [0.3, 0.4) is 0 Å². The van der Waals surface area contributed by atoms with Crippen LogP contribution in [0.5, 0.6) is 17.2 Å². The molecule has 0 saturated carbocycles. The van der Waals surface area contributed by atoms with Gasteiger partial charge in [-0.05, 0) is 50.6 Å². The van der Waals surface area contributed by atoms with E-state index in [0.29, 0.717) is 22.6 Å². The van der Waals surface area contributed by atoms with Crippen LogP contribution in [0.1, 0.15) is 42.3 Å². The summed E-state index contributed by atoms with van der Waals surface area (Å²) >= 11 is 0. The zero-order valence-corrected chi connectivity index (χ0v) is 21.2. The highest BCUT2D eigenvalue weighted by Gasteiger charge is 2.35. The average Bonchev–Trinajstić information content (AvgIpc) is 3.12. The molecule has 0 saturated heterocycles. The Hall–Kier alpha value is -3.82. The van der Waals surface area contributed by atoms with Gasteiger partial charge < -0.3 is 28.7 Å². The predicted octanol–water partition coefficient (Wildman–Crippen LogP) is 3.41. The van der Waals surface area contributed by atoms with Crippen LogP contribution >= 0.6 is 0 Å². The van der Waals surface area contributed by atoms with Crippen LogP contribution in [-0.4, -0.2) is 68.5 Å². The molecule has 0 bridgehead atoms. The van der Waals surface area contributed by atoms with Crippen LogP contribution in [0, 0.1) is 11.2 Å². The zero-order chi connectivity index (χ0) is 26.4. The van der Waals surface area contributed by atoms with Gasteiger partial charge in [-0.2, -0.15) is 0 Å². The molecule has 2 aliphatic heterocycles. The molecule has 0 amide bonds. The number of ketones is 1. The van der Waals surface area contributed by atoms with Crippen LogP contribution < -0.4 is 19.1 Å². The number of methoxy groups -OCH3 is 2. The second kappa shape index (κ2) is 9.33. The van der Waals surface area contributed by atoms with Gasteiger partial charge in [0.05, 0.1) is 38.6 Å². The van der Waals surface area contributed by atoms with Gasteiger partial charge in [-0.25, -0.2) is 9.18 Å². The maximum Gasteiger partial charge on any atom is 0.349 e. The maximum atomic E-state index is 15.0. The van der Waals surface area contributed by atoms with Crippen molar-refractivity contribution in [2.75, 3.05) is 39.3 Å². The van der Waals surface area contributed by atoms with Crippen molar-refractivity contribution in [3.63, 3.8) is 0 Å². The van der Waals surface area contributed by atoms with Crippen molar-refractivity contribution in [3.05, 3.63) is 46.8 Å². The fraction of sp³-hybridized carbons (Fsp3) is 0.423. The third kappa shape index (κ3) is 4.67. The summed E-state index contributed by atoms with van der Waals surface area (Å²) in [6.07, 6.45) is -0.782. The first-order valence-electron chi connectivity index (χ1n) is 11.5. The number of hydrogen-bond donors (Lipinski definition) is 1. The quantitative estimate of drug-likeness (QED) is 0.477. The summed E-state index contributed by atoms with van der Waals surface area (Å²) in [4.78, 5) is 29.0. The molecule has 0 fully saturated rings. The van der Waals surface area contributed by atoms with Gasteiger partial charge in [0.1, 0.15) is 17.2 Å². The Balaban J connectivity index is 1.50. The van der Waals surface area contributed by atoms with Gasteiger partial charge in [0.15, 0.2) is 23.1 Å². The molecule has 1 atom stereocenters. The predicted molar refractivity (Wildman–Crippen MR) is 131 cm³/mol. The molecule has 9 nitrogen and oxygen atoms in total. The van der Waals surface area contributed by atoms with Gasteiger partial charge in [0.25, 0.3) is 0 Å². The van der Waals surface area contributed by atoms with Crippen LogP contribution in [-0.2, 0) is 16.1 Å². The average molecular weight is 500 g/mol. The number of rotatable bonds is 6. The molecule has 0 aromatic heterocycles. The van der Waals surface area contributed by atoms with E-state index in [-0.39, 0.29) is 48.3 Å². The number of likely N-dealkylation sites (N-methyl/N-ethyl adjacent to an activating group) is 1. The summed E-state index contributed by atoms with van der Waals surface area (Å²) in [5.41, 5.74) is 1.11. The Morgan fingerprint density at radius 2 is 1.92 bits per heavy atom. The van der Waals surface area contributed by atoms with E-state index in [0.717, 1.165) is 0 Å². The number of carbonyl (C=O) groups is 2. The number of carbonyl (C=O) groups excluding carboxylic acids is 2. The van der Waals surface area contributed by atoms with E-state index in [9.17, 15) is 9.59 Å². The minimum Gasteiger partial charge on any atom is -0.493 e. The van der Waals surface area contributed by atoms with Gasteiger partial charge >= 0.3 is 5.97 Å². The number of ether oxygens (including phenoxy) is 4. The SMILES string of the molecule is COc1cc2c(c(F)c1OC)C(=N)N(CC(=O)c1ccc3c(c1)N(C)CC(C(=O)OC(C)(C)C)O3)C2. The largest absolute Gasteiger partial charge is 0.493 e. The Kier molecular flexibility index (Phi) is 6.55. The maximum absolute atomic E-state index is 15.0. The third-order valence-electron chi connectivity index (χ3n) is 6.01. The van der Waals surface area contributed by atoms with Crippen LogP contribution in [0.2, 0.25) is 0 Å². The van der Waals surface area contributed by atoms with Crippen molar-refractivity contribution in [3.8, 4) is 17.2 Å². The summed E-state index contributed by atoms with van der Waals surface area (Å²) in [5, 5.41) is 8.46. The molecule has 192 valence electrons. The number of fused-ring (bicyclic) bond motifs is 2. The number of nitrogens with one attached hydrogen (secondary N) is 1.